The van der Waals surface area contributed by atoms with Gasteiger partial charge in [0.1, 0.15) is 0 Å². The van der Waals surface area contributed by atoms with Crippen LogP contribution in [0.15, 0.2) is 0 Å². The lowest BCUT2D eigenvalue weighted by molar-refractivity contribution is 0.197. The van der Waals surface area contributed by atoms with Crippen molar-refractivity contribution in [3.8, 4) is 0 Å². The maximum absolute atomic E-state index is 9.30. The third-order valence-electron chi connectivity index (χ3n) is 3.65. The topological polar surface area (TPSA) is 35.5 Å². The number of hydrogen-bond donors (Lipinski definition) is 2. The average Bonchev–Trinajstić information content (AvgIpc) is 2.31. The maximum atomic E-state index is 9.30. The van der Waals surface area contributed by atoms with Crippen LogP contribution in [0.25, 0.3) is 0 Å². The van der Waals surface area contributed by atoms with E-state index in [1.807, 2.05) is 0 Å². The summed E-state index contributed by atoms with van der Waals surface area (Å²) in [4.78, 5) is 2.58. The van der Waals surface area contributed by atoms with Crippen molar-refractivity contribution in [3.05, 3.63) is 0 Å². The summed E-state index contributed by atoms with van der Waals surface area (Å²) in [6, 6.07) is 0.292. The molecule has 0 bridgehead atoms. The number of aliphatic hydroxyl groups is 1. The number of hydrogen-bond acceptors (Lipinski definition) is 3. The van der Waals surface area contributed by atoms with Crippen molar-refractivity contribution in [3.63, 3.8) is 0 Å². The maximum Gasteiger partial charge on any atom is 0.0585 e. The smallest absolute Gasteiger partial charge is 0.0585 e. The Morgan fingerprint density at radius 2 is 1.76 bits per heavy atom. The molecule has 1 saturated heterocycles. The summed E-state index contributed by atoms with van der Waals surface area (Å²) in [5.41, 5.74) is 0. The van der Waals surface area contributed by atoms with Gasteiger partial charge in [0.15, 0.2) is 0 Å². The molecule has 0 radical (unpaired) electrons. The molecule has 3 nitrogen and oxygen atoms in total. The Kier molecular flexibility index (Phi) is 8.67. The number of rotatable bonds is 7. The normalized spacial score (nSPS) is 20.8. The molecule has 0 amide bonds. The highest BCUT2D eigenvalue weighted by Crippen LogP contribution is 2.11. The fourth-order valence-electron chi connectivity index (χ4n) is 2.48. The highest BCUT2D eigenvalue weighted by atomic mass is 16.3. The van der Waals surface area contributed by atoms with Gasteiger partial charge in [-0.15, -0.1) is 0 Å². The van der Waals surface area contributed by atoms with Crippen LogP contribution in [0.4, 0.5) is 0 Å². The Balaban J connectivity index is 2.16. The predicted octanol–water partition coefficient (Wildman–Crippen LogP) is 2.00. The summed E-state index contributed by atoms with van der Waals surface area (Å²) >= 11 is 0. The van der Waals surface area contributed by atoms with E-state index in [4.69, 9.17) is 0 Å². The van der Waals surface area contributed by atoms with Gasteiger partial charge in [-0.05, 0) is 51.9 Å². The quantitative estimate of drug-likeness (QED) is 0.717. The summed E-state index contributed by atoms with van der Waals surface area (Å²) < 4.78 is 0. The first kappa shape index (κ1) is 14.9. The Morgan fingerprint density at radius 3 is 2.35 bits per heavy atom. The van der Waals surface area contributed by atoms with Crippen LogP contribution in [-0.4, -0.2) is 48.8 Å². The van der Waals surface area contributed by atoms with E-state index in [-0.39, 0.29) is 6.61 Å². The largest absolute Gasteiger partial charge is 0.395 e. The van der Waals surface area contributed by atoms with Gasteiger partial charge in [0, 0.05) is 6.04 Å². The Labute approximate surface area is 107 Å². The first-order chi connectivity index (χ1) is 8.36. The molecule has 17 heavy (non-hydrogen) atoms. The molecule has 0 saturated carbocycles. The molecule has 0 aromatic carbocycles. The molecule has 0 spiro atoms. The van der Waals surface area contributed by atoms with Crippen LogP contribution in [0.1, 0.15) is 51.9 Å². The molecule has 1 rings (SSSR count). The minimum Gasteiger partial charge on any atom is -0.395 e. The Hall–Kier alpha value is -0.120. The van der Waals surface area contributed by atoms with Crippen LogP contribution in [0.2, 0.25) is 0 Å². The highest BCUT2D eigenvalue weighted by Gasteiger charge is 2.11. The fourth-order valence-corrected chi connectivity index (χ4v) is 2.48. The van der Waals surface area contributed by atoms with E-state index in [1.165, 1.54) is 45.2 Å². The number of nitrogens with zero attached hydrogens (tertiary/aromatic N) is 1. The third-order valence-corrected chi connectivity index (χ3v) is 3.65. The van der Waals surface area contributed by atoms with Crippen LogP contribution >= 0.6 is 0 Å². The molecule has 0 aromatic rings. The van der Waals surface area contributed by atoms with Crippen molar-refractivity contribution in [1.29, 1.82) is 0 Å². The summed E-state index contributed by atoms with van der Waals surface area (Å²) in [6.07, 6.45) is 9.14. The van der Waals surface area contributed by atoms with Crippen LogP contribution in [0, 0.1) is 0 Å². The number of aliphatic hydroxyl groups excluding tert-OH is 1. The Bertz CT molecular complexity index is 168. The lowest BCUT2D eigenvalue weighted by Crippen LogP contribution is -2.38. The second kappa shape index (κ2) is 9.86. The van der Waals surface area contributed by atoms with Crippen LogP contribution in [0.5, 0.6) is 0 Å². The standard InChI is InChI=1S/C14H30N2O/c1-2-9-15-14(13-17)8-12-16-10-6-4-3-5-7-11-16/h14-15,17H,2-13H2,1H3. The molecule has 1 heterocycles. The zero-order valence-corrected chi connectivity index (χ0v) is 11.5. The average molecular weight is 242 g/mol. The molecule has 1 aliphatic rings. The highest BCUT2D eigenvalue weighted by molar-refractivity contribution is 4.69. The molecule has 1 fully saturated rings. The second-order valence-corrected chi connectivity index (χ2v) is 5.23. The van der Waals surface area contributed by atoms with Gasteiger partial charge < -0.3 is 15.3 Å². The van der Waals surface area contributed by atoms with Crippen molar-refractivity contribution in [1.82, 2.24) is 10.2 Å². The molecule has 2 N–H and O–H groups in total. The van der Waals surface area contributed by atoms with Gasteiger partial charge in [-0.3, -0.25) is 0 Å². The van der Waals surface area contributed by atoms with E-state index >= 15 is 0 Å². The molecule has 102 valence electrons. The molecule has 3 heteroatoms. The zero-order valence-electron chi connectivity index (χ0n) is 11.5. The molecular formula is C14H30N2O. The lowest BCUT2D eigenvalue weighted by Gasteiger charge is -2.26. The molecule has 0 aliphatic carbocycles. The van der Waals surface area contributed by atoms with Gasteiger partial charge in [0.05, 0.1) is 6.61 Å². The summed E-state index contributed by atoms with van der Waals surface area (Å²) in [5.74, 6) is 0. The minimum absolute atomic E-state index is 0.272. The van der Waals surface area contributed by atoms with Crippen molar-refractivity contribution < 1.29 is 5.11 Å². The van der Waals surface area contributed by atoms with Crippen LogP contribution in [-0.2, 0) is 0 Å². The monoisotopic (exact) mass is 242 g/mol. The second-order valence-electron chi connectivity index (χ2n) is 5.23. The van der Waals surface area contributed by atoms with Crippen molar-refractivity contribution in [2.45, 2.75) is 57.9 Å². The molecule has 1 unspecified atom stereocenters. The van der Waals surface area contributed by atoms with Crippen LogP contribution < -0.4 is 5.32 Å². The third kappa shape index (κ3) is 7.02. The molecule has 1 atom stereocenters. The van der Waals surface area contributed by atoms with E-state index in [2.05, 4.69) is 17.1 Å². The van der Waals surface area contributed by atoms with Crippen molar-refractivity contribution in [2.24, 2.45) is 0 Å². The van der Waals surface area contributed by atoms with Gasteiger partial charge >= 0.3 is 0 Å². The molecule has 0 aromatic heterocycles. The minimum atomic E-state index is 0.272. The van der Waals surface area contributed by atoms with Gasteiger partial charge in [-0.25, -0.2) is 0 Å². The van der Waals surface area contributed by atoms with E-state index in [0.717, 1.165) is 25.9 Å². The fraction of sp³-hybridized carbons (Fsp3) is 1.00. The molecular weight excluding hydrogens is 212 g/mol. The van der Waals surface area contributed by atoms with Crippen molar-refractivity contribution in [2.75, 3.05) is 32.8 Å². The van der Waals surface area contributed by atoms with Crippen molar-refractivity contribution >= 4 is 0 Å². The summed E-state index contributed by atoms with van der Waals surface area (Å²) in [5, 5.41) is 12.7. The summed E-state index contributed by atoms with van der Waals surface area (Å²) in [7, 11) is 0. The van der Waals surface area contributed by atoms with E-state index in [1.54, 1.807) is 0 Å². The van der Waals surface area contributed by atoms with E-state index < -0.39 is 0 Å². The van der Waals surface area contributed by atoms with Crippen LogP contribution in [0.3, 0.4) is 0 Å². The predicted molar refractivity (Wildman–Crippen MR) is 73.3 cm³/mol. The SMILES string of the molecule is CCCNC(CO)CCN1CCCCCCC1. The first-order valence-electron chi connectivity index (χ1n) is 7.43. The van der Waals surface area contributed by atoms with Gasteiger partial charge in [-0.1, -0.05) is 26.2 Å². The Morgan fingerprint density at radius 1 is 1.12 bits per heavy atom. The van der Waals surface area contributed by atoms with Gasteiger partial charge in [0.25, 0.3) is 0 Å². The first-order valence-corrected chi connectivity index (χ1v) is 7.43. The lowest BCUT2D eigenvalue weighted by atomic mass is 10.1. The number of nitrogens with one attached hydrogen (secondary N) is 1. The van der Waals surface area contributed by atoms with Gasteiger partial charge in [-0.2, -0.15) is 0 Å². The summed E-state index contributed by atoms with van der Waals surface area (Å²) in [6.45, 7) is 7.11. The van der Waals surface area contributed by atoms with E-state index in [0.29, 0.717) is 6.04 Å². The van der Waals surface area contributed by atoms with E-state index in [9.17, 15) is 5.11 Å². The van der Waals surface area contributed by atoms with Gasteiger partial charge in [0.2, 0.25) is 0 Å². The number of likely N-dealkylation sites (tertiary alicyclic amines) is 1. The molecule has 1 aliphatic heterocycles. The zero-order chi connectivity index (χ0) is 12.3.